The van der Waals surface area contributed by atoms with Crippen molar-refractivity contribution in [2.45, 2.75) is 17.7 Å². The maximum atomic E-state index is 10.8. The number of thioether (sulfide) groups is 1. The smallest absolute Gasteiger partial charge is 0.332 e. The predicted molar refractivity (Wildman–Crippen MR) is 92.1 cm³/mol. The number of carbonyl (C=O) groups is 1. The molecule has 3 N–H and O–H groups in total. The highest BCUT2D eigenvalue weighted by Crippen LogP contribution is 2.19. The Bertz CT molecular complexity index is 614. The number of urea groups is 1. The number of benzene rings is 2. The van der Waals surface area contributed by atoms with Gasteiger partial charge in [0.1, 0.15) is 0 Å². The molecule has 0 heterocycles. The average molecular weight is 313 g/mol. The number of amides is 2. The lowest BCUT2D eigenvalue weighted by Gasteiger charge is -2.07. The Hall–Kier alpha value is -2.27. The first kappa shape index (κ1) is 16.1. The Labute approximate surface area is 134 Å². The fourth-order valence-electron chi connectivity index (χ4n) is 1.96. The fourth-order valence-corrected chi connectivity index (χ4v) is 2.84. The molecule has 0 saturated carbocycles. The molecule has 0 aliphatic rings. The topological polar surface area (TPSA) is 67.5 Å². The zero-order valence-electron chi connectivity index (χ0n) is 12.2. The van der Waals surface area contributed by atoms with Crippen LogP contribution >= 0.6 is 11.8 Å². The molecule has 0 fully saturated rings. The van der Waals surface area contributed by atoms with Crippen LogP contribution in [-0.4, -0.2) is 17.5 Å². The van der Waals surface area contributed by atoms with Gasteiger partial charge in [-0.25, -0.2) is 10.2 Å². The van der Waals surface area contributed by atoms with Crippen molar-refractivity contribution < 1.29 is 4.79 Å². The highest BCUT2D eigenvalue weighted by atomic mass is 32.2. The number of primary amides is 1. The summed E-state index contributed by atoms with van der Waals surface area (Å²) in [5.41, 5.74) is 9.25. The second-order valence-corrected chi connectivity index (χ2v) is 5.83. The average Bonchev–Trinajstić information content (AvgIpc) is 2.56. The van der Waals surface area contributed by atoms with Crippen molar-refractivity contribution >= 4 is 23.5 Å². The van der Waals surface area contributed by atoms with E-state index in [1.165, 1.54) is 4.90 Å². The molecule has 0 bridgehead atoms. The van der Waals surface area contributed by atoms with E-state index in [-0.39, 0.29) is 0 Å². The maximum Gasteiger partial charge on any atom is 0.332 e. The SMILES string of the molecule is NC(=O)N/N=C(/CCCSc1ccccc1)c1ccccc1. The number of hydrogen-bond acceptors (Lipinski definition) is 3. The number of hydrazone groups is 1. The first-order chi connectivity index (χ1) is 10.8. The lowest BCUT2D eigenvalue weighted by Crippen LogP contribution is -2.26. The van der Waals surface area contributed by atoms with Gasteiger partial charge < -0.3 is 5.73 Å². The van der Waals surface area contributed by atoms with E-state index in [1.807, 2.05) is 60.3 Å². The van der Waals surface area contributed by atoms with Gasteiger partial charge in [0.2, 0.25) is 0 Å². The summed E-state index contributed by atoms with van der Waals surface area (Å²) in [5.74, 6) is 0.992. The first-order valence-electron chi connectivity index (χ1n) is 7.11. The molecular weight excluding hydrogens is 294 g/mol. The zero-order chi connectivity index (χ0) is 15.6. The second kappa shape index (κ2) is 8.89. The van der Waals surface area contributed by atoms with E-state index in [2.05, 4.69) is 22.7 Å². The Kier molecular flexibility index (Phi) is 6.51. The minimum Gasteiger partial charge on any atom is -0.350 e. The van der Waals surface area contributed by atoms with Crippen LogP contribution in [0.2, 0.25) is 0 Å². The maximum absolute atomic E-state index is 10.8. The molecule has 114 valence electrons. The highest BCUT2D eigenvalue weighted by molar-refractivity contribution is 7.99. The molecule has 2 aromatic carbocycles. The Balaban J connectivity index is 1.90. The minimum absolute atomic E-state index is 0.646. The summed E-state index contributed by atoms with van der Waals surface area (Å²) in [4.78, 5) is 12.1. The van der Waals surface area contributed by atoms with Crippen LogP contribution in [0.3, 0.4) is 0 Å². The van der Waals surface area contributed by atoms with E-state index in [4.69, 9.17) is 5.73 Å². The summed E-state index contributed by atoms with van der Waals surface area (Å²) in [6, 6.07) is 19.5. The van der Waals surface area contributed by atoms with Gasteiger partial charge in [-0.2, -0.15) is 5.10 Å². The third kappa shape index (κ3) is 5.61. The van der Waals surface area contributed by atoms with Crippen LogP contribution < -0.4 is 11.2 Å². The summed E-state index contributed by atoms with van der Waals surface area (Å²) in [6.07, 6.45) is 1.75. The van der Waals surface area contributed by atoms with Crippen molar-refractivity contribution in [3.63, 3.8) is 0 Å². The standard InChI is InChI=1S/C17H19N3OS/c18-17(21)20-19-16(14-8-3-1-4-9-14)12-7-13-22-15-10-5-2-6-11-15/h1-6,8-11H,7,12-13H2,(H3,18,20,21)/b19-16-. The molecule has 4 nitrogen and oxygen atoms in total. The molecule has 0 saturated heterocycles. The Morgan fingerprint density at radius 1 is 1.05 bits per heavy atom. The molecule has 22 heavy (non-hydrogen) atoms. The van der Waals surface area contributed by atoms with Gasteiger partial charge in [0.15, 0.2) is 0 Å². The molecule has 0 atom stereocenters. The van der Waals surface area contributed by atoms with Gasteiger partial charge in [0.05, 0.1) is 5.71 Å². The van der Waals surface area contributed by atoms with Gasteiger partial charge in [0.25, 0.3) is 0 Å². The van der Waals surface area contributed by atoms with Crippen molar-refractivity contribution in [2.75, 3.05) is 5.75 Å². The van der Waals surface area contributed by atoms with Crippen LogP contribution in [0.4, 0.5) is 4.79 Å². The van der Waals surface area contributed by atoms with Crippen LogP contribution in [0, 0.1) is 0 Å². The number of nitrogens with zero attached hydrogens (tertiary/aromatic N) is 1. The van der Waals surface area contributed by atoms with Gasteiger partial charge in [0, 0.05) is 4.90 Å². The van der Waals surface area contributed by atoms with Gasteiger partial charge in [-0.15, -0.1) is 11.8 Å². The number of carbonyl (C=O) groups excluding carboxylic acids is 1. The van der Waals surface area contributed by atoms with Crippen molar-refractivity contribution in [3.8, 4) is 0 Å². The van der Waals surface area contributed by atoms with Crippen molar-refractivity contribution in [2.24, 2.45) is 10.8 Å². The van der Waals surface area contributed by atoms with Gasteiger partial charge in [-0.05, 0) is 36.3 Å². The van der Waals surface area contributed by atoms with E-state index in [1.54, 1.807) is 0 Å². The normalized spacial score (nSPS) is 11.2. The highest BCUT2D eigenvalue weighted by Gasteiger charge is 2.04. The number of rotatable bonds is 7. The zero-order valence-corrected chi connectivity index (χ0v) is 13.1. The summed E-state index contributed by atoms with van der Waals surface area (Å²) >= 11 is 1.81. The van der Waals surface area contributed by atoms with Crippen LogP contribution in [-0.2, 0) is 0 Å². The molecule has 0 aliphatic carbocycles. The molecule has 0 aliphatic heterocycles. The number of nitrogens with two attached hydrogens (primary N) is 1. The molecular formula is C17H19N3OS. The number of nitrogens with one attached hydrogen (secondary N) is 1. The quantitative estimate of drug-likeness (QED) is 0.355. The van der Waals surface area contributed by atoms with Crippen LogP contribution in [0.1, 0.15) is 18.4 Å². The molecule has 0 aromatic heterocycles. The van der Waals surface area contributed by atoms with E-state index in [9.17, 15) is 4.79 Å². The van der Waals surface area contributed by atoms with Gasteiger partial charge in [-0.1, -0.05) is 48.5 Å². The lowest BCUT2D eigenvalue weighted by molar-refractivity contribution is 0.249. The van der Waals surface area contributed by atoms with Gasteiger partial charge in [-0.3, -0.25) is 0 Å². The summed E-state index contributed by atoms with van der Waals surface area (Å²) in [5, 5.41) is 4.12. The Morgan fingerprint density at radius 3 is 2.32 bits per heavy atom. The molecule has 0 unspecified atom stereocenters. The second-order valence-electron chi connectivity index (χ2n) is 4.67. The van der Waals surface area contributed by atoms with E-state index < -0.39 is 6.03 Å². The van der Waals surface area contributed by atoms with Crippen LogP contribution in [0.5, 0.6) is 0 Å². The van der Waals surface area contributed by atoms with Crippen molar-refractivity contribution in [1.29, 1.82) is 0 Å². The third-order valence-electron chi connectivity index (χ3n) is 2.98. The third-order valence-corrected chi connectivity index (χ3v) is 4.08. The monoisotopic (exact) mass is 313 g/mol. The molecule has 0 radical (unpaired) electrons. The van der Waals surface area contributed by atoms with E-state index >= 15 is 0 Å². The minimum atomic E-state index is -0.646. The summed E-state index contributed by atoms with van der Waals surface area (Å²) < 4.78 is 0. The first-order valence-corrected chi connectivity index (χ1v) is 8.09. The lowest BCUT2D eigenvalue weighted by atomic mass is 10.1. The van der Waals surface area contributed by atoms with Crippen molar-refractivity contribution in [1.82, 2.24) is 5.43 Å². The molecule has 2 aromatic rings. The predicted octanol–water partition coefficient (Wildman–Crippen LogP) is 3.63. The van der Waals surface area contributed by atoms with E-state index in [0.29, 0.717) is 0 Å². The van der Waals surface area contributed by atoms with Crippen molar-refractivity contribution in [3.05, 3.63) is 66.2 Å². The molecule has 2 amide bonds. The van der Waals surface area contributed by atoms with Crippen LogP contribution in [0.25, 0.3) is 0 Å². The van der Waals surface area contributed by atoms with E-state index in [0.717, 1.165) is 29.9 Å². The molecule has 0 spiro atoms. The largest absolute Gasteiger partial charge is 0.350 e. The van der Waals surface area contributed by atoms with Crippen LogP contribution in [0.15, 0.2) is 70.7 Å². The Morgan fingerprint density at radius 2 is 1.68 bits per heavy atom. The van der Waals surface area contributed by atoms with Gasteiger partial charge >= 0.3 is 6.03 Å². The fraction of sp³-hybridized carbons (Fsp3) is 0.176. The summed E-state index contributed by atoms with van der Waals surface area (Å²) in [7, 11) is 0. The molecule has 2 rings (SSSR count). The summed E-state index contributed by atoms with van der Waals surface area (Å²) in [6.45, 7) is 0. The number of hydrogen-bond donors (Lipinski definition) is 2. The molecule has 5 heteroatoms.